The number of ether oxygens (including phenoxy) is 3. The highest BCUT2D eigenvalue weighted by molar-refractivity contribution is 5.89. The van der Waals surface area contributed by atoms with Gasteiger partial charge in [-0.25, -0.2) is 4.79 Å². The average Bonchev–Trinajstić information content (AvgIpc) is 3.30. The molecule has 2 saturated heterocycles. The van der Waals surface area contributed by atoms with Gasteiger partial charge in [0.1, 0.15) is 19.2 Å². The minimum Gasteiger partial charge on any atom is -0.465 e. The Morgan fingerprint density at radius 1 is 1.11 bits per heavy atom. The zero-order valence-corrected chi connectivity index (χ0v) is 16.5. The fourth-order valence-electron chi connectivity index (χ4n) is 5.15. The number of hydrogen-bond acceptors (Lipinski definition) is 4. The topological polar surface area (TPSA) is 44.8 Å². The highest BCUT2D eigenvalue weighted by atomic mass is 16.7. The molecule has 0 radical (unpaired) electrons. The Hall–Kier alpha value is -1.43. The van der Waals surface area contributed by atoms with Crippen molar-refractivity contribution in [1.82, 2.24) is 0 Å². The van der Waals surface area contributed by atoms with Crippen LogP contribution >= 0.6 is 0 Å². The van der Waals surface area contributed by atoms with Crippen molar-refractivity contribution in [2.75, 3.05) is 33.4 Å². The Morgan fingerprint density at radius 2 is 1.81 bits per heavy atom. The maximum Gasteiger partial charge on any atom is 0.337 e. The molecule has 0 aromatic heterocycles. The van der Waals surface area contributed by atoms with Gasteiger partial charge in [0.15, 0.2) is 5.79 Å². The van der Waals surface area contributed by atoms with Gasteiger partial charge in [0.2, 0.25) is 0 Å². The largest absolute Gasteiger partial charge is 0.465 e. The van der Waals surface area contributed by atoms with E-state index in [0.29, 0.717) is 5.56 Å². The maximum absolute atomic E-state index is 11.7. The molecule has 3 aliphatic rings. The highest BCUT2D eigenvalue weighted by Crippen LogP contribution is 2.39. The second-order valence-corrected chi connectivity index (χ2v) is 8.55. The summed E-state index contributed by atoms with van der Waals surface area (Å²) in [6.45, 7) is 5.16. The van der Waals surface area contributed by atoms with Crippen LogP contribution in [-0.2, 0) is 20.8 Å². The lowest BCUT2D eigenvalue weighted by Gasteiger charge is -2.37. The minimum atomic E-state index is -0.283. The Morgan fingerprint density at radius 3 is 2.48 bits per heavy atom. The number of rotatable bonds is 5. The average molecular weight is 375 g/mol. The summed E-state index contributed by atoms with van der Waals surface area (Å²) in [4.78, 5) is 11.7. The second kappa shape index (κ2) is 7.90. The molecule has 1 aromatic rings. The van der Waals surface area contributed by atoms with E-state index >= 15 is 0 Å². The van der Waals surface area contributed by atoms with Crippen molar-refractivity contribution < 1.29 is 23.5 Å². The molecule has 0 amide bonds. The molecule has 2 heterocycles. The zero-order valence-electron chi connectivity index (χ0n) is 16.5. The standard InChI is InChI=1S/C22H32NO4/c1-25-21(24)19-9-7-18(8-10-19)15-23(13-5-6-14-23)16-20-17-26-22(27-20)11-3-2-4-12-22/h7-10,20H,2-6,11-17H2,1H3/q+1. The zero-order chi connectivity index (χ0) is 18.7. The van der Waals surface area contributed by atoms with E-state index in [1.807, 2.05) is 12.1 Å². The molecule has 4 rings (SSSR count). The summed E-state index contributed by atoms with van der Waals surface area (Å²) >= 11 is 0. The summed E-state index contributed by atoms with van der Waals surface area (Å²) in [5.41, 5.74) is 1.89. The fourth-order valence-corrected chi connectivity index (χ4v) is 5.15. The molecule has 1 saturated carbocycles. The Labute approximate surface area is 162 Å². The number of likely N-dealkylation sites (tertiary alicyclic amines) is 1. The van der Waals surface area contributed by atoms with Crippen molar-refractivity contribution >= 4 is 5.97 Å². The molecule has 148 valence electrons. The molecule has 0 N–H and O–H groups in total. The lowest BCUT2D eigenvalue weighted by molar-refractivity contribution is -0.932. The third kappa shape index (κ3) is 4.20. The smallest absolute Gasteiger partial charge is 0.337 e. The van der Waals surface area contributed by atoms with E-state index in [9.17, 15) is 4.79 Å². The minimum absolute atomic E-state index is 0.204. The molecule has 3 fully saturated rings. The van der Waals surface area contributed by atoms with Crippen molar-refractivity contribution in [3.8, 4) is 0 Å². The first kappa shape index (κ1) is 18.9. The Balaban J connectivity index is 1.42. The van der Waals surface area contributed by atoms with E-state index < -0.39 is 0 Å². The predicted molar refractivity (Wildman–Crippen MR) is 102 cm³/mol. The molecule has 1 unspecified atom stereocenters. The SMILES string of the molecule is COC(=O)c1ccc(C[N+]2(CC3COC4(CCCCC4)O3)CCCC2)cc1. The van der Waals surface area contributed by atoms with Gasteiger partial charge in [-0.2, -0.15) is 0 Å². The molecular weight excluding hydrogens is 342 g/mol. The van der Waals surface area contributed by atoms with Crippen LogP contribution in [0.1, 0.15) is 60.9 Å². The predicted octanol–water partition coefficient (Wildman–Crippen LogP) is 3.66. The highest BCUT2D eigenvalue weighted by Gasteiger charge is 2.46. The van der Waals surface area contributed by atoms with Crippen LogP contribution < -0.4 is 0 Å². The van der Waals surface area contributed by atoms with Gasteiger partial charge in [-0.1, -0.05) is 18.6 Å². The van der Waals surface area contributed by atoms with Gasteiger partial charge >= 0.3 is 5.97 Å². The number of methoxy groups -OCH3 is 1. The molecule has 5 nitrogen and oxygen atoms in total. The van der Waals surface area contributed by atoms with Gasteiger partial charge < -0.3 is 18.7 Å². The molecule has 27 heavy (non-hydrogen) atoms. The summed E-state index contributed by atoms with van der Waals surface area (Å²) in [6.07, 6.45) is 8.62. The van der Waals surface area contributed by atoms with Gasteiger partial charge in [0.25, 0.3) is 0 Å². The molecule has 5 heteroatoms. The molecule has 1 aliphatic carbocycles. The van der Waals surface area contributed by atoms with Gasteiger partial charge in [0.05, 0.1) is 32.4 Å². The van der Waals surface area contributed by atoms with Gasteiger partial charge in [0, 0.05) is 31.2 Å². The van der Waals surface area contributed by atoms with Crippen LogP contribution in [0, 0.1) is 0 Å². The Bertz CT molecular complexity index is 645. The number of nitrogens with zero attached hydrogens (tertiary/aromatic N) is 1. The van der Waals surface area contributed by atoms with E-state index in [2.05, 4.69) is 12.1 Å². The summed E-state index contributed by atoms with van der Waals surface area (Å²) in [6, 6.07) is 7.89. The van der Waals surface area contributed by atoms with Gasteiger partial charge in [-0.15, -0.1) is 0 Å². The number of esters is 1. The summed E-state index contributed by atoms with van der Waals surface area (Å²) in [5, 5.41) is 0. The van der Waals surface area contributed by atoms with Crippen LogP contribution in [0.3, 0.4) is 0 Å². The normalized spacial score (nSPS) is 26.3. The van der Waals surface area contributed by atoms with E-state index in [4.69, 9.17) is 14.2 Å². The summed E-state index contributed by atoms with van der Waals surface area (Å²) < 4.78 is 18.5. The third-order valence-corrected chi connectivity index (χ3v) is 6.53. The number of carbonyl (C=O) groups excluding carboxylic acids is 1. The lowest BCUT2D eigenvalue weighted by atomic mass is 9.94. The molecule has 1 aromatic carbocycles. The van der Waals surface area contributed by atoms with Crippen molar-refractivity contribution in [3.63, 3.8) is 0 Å². The van der Waals surface area contributed by atoms with E-state index in [-0.39, 0.29) is 17.9 Å². The fraction of sp³-hybridized carbons (Fsp3) is 0.682. The van der Waals surface area contributed by atoms with Gasteiger partial charge in [-0.05, 0) is 25.0 Å². The van der Waals surface area contributed by atoms with E-state index in [1.54, 1.807) is 0 Å². The van der Waals surface area contributed by atoms with Crippen LogP contribution in [0.15, 0.2) is 24.3 Å². The lowest BCUT2D eigenvalue weighted by Crippen LogP contribution is -2.50. The van der Waals surface area contributed by atoms with Crippen LogP contribution in [-0.4, -0.2) is 55.7 Å². The molecule has 1 spiro atoms. The first-order chi connectivity index (χ1) is 13.1. The van der Waals surface area contributed by atoms with E-state index in [0.717, 1.165) is 37.0 Å². The maximum atomic E-state index is 11.7. The van der Waals surface area contributed by atoms with Crippen molar-refractivity contribution in [2.24, 2.45) is 0 Å². The van der Waals surface area contributed by atoms with Crippen LogP contribution in [0.2, 0.25) is 0 Å². The summed E-state index contributed by atoms with van der Waals surface area (Å²) in [5.74, 6) is -0.560. The van der Waals surface area contributed by atoms with E-state index in [1.165, 1.54) is 57.9 Å². The van der Waals surface area contributed by atoms with Crippen LogP contribution in [0.25, 0.3) is 0 Å². The van der Waals surface area contributed by atoms with Crippen molar-refractivity contribution in [2.45, 2.75) is 63.4 Å². The number of benzene rings is 1. The molecular formula is C22H32NO4+. The summed E-state index contributed by atoms with van der Waals surface area (Å²) in [7, 11) is 1.42. The Kier molecular flexibility index (Phi) is 5.53. The second-order valence-electron chi connectivity index (χ2n) is 8.55. The van der Waals surface area contributed by atoms with Crippen LogP contribution in [0.4, 0.5) is 0 Å². The first-order valence-corrected chi connectivity index (χ1v) is 10.5. The van der Waals surface area contributed by atoms with Gasteiger partial charge in [-0.3, -0.25) is 0 Å². The quantitative estimate of drug-likeness (QED) is 0.583. The number of quaternary nitrogens is 1. The molecule has 0 bridgehead atoms. The van der Waals surface area contributed by atoms with Crippen molar-refractivity contribution in [1.29, 1.82) is 0 Å². The molecule has 2 aliphatic heterocycles. The number of carbonyl (C=O) groups is 1. The first-order valence-electron chi connectivity index (χ1n) is 10.5. The number of hydrogen-bond donors (Lipinski definition) is 0. The van der Waals surface area contributed by atoms with Crippen LogP contribution in [0.5, 0.6) is 0 Å². The molecule has 1 atom stereocenters. The van der Waals surface area contributed by atoms with Crippen molar-refractivity contribution in [3.05, 3.63) is 35.4 Å². The third-order valence-electron chi connectivity index (χ3n) is 6.53. The monoisotopic (exact) mass is 374 g/mol.